The number of rotatable bonds is 2. The molecule has 42 heavy (non-hydrogen) atoms. The molecule has 0 amide bonds. The predicted octanol–water partition coefficient (Wildman–Crippen LogP) is 7.81. The maximum atomic E-state index is 6.68. The van der Waals surface area contributed by atoms with E-state index in [4.69, 9.17) is 4.42 Å². The van der Waals surface area contributed by atoms with Gasteiger partial charge in [0.1, 0.15) is 5.58 Å². The van der Waals surface area contributed by atoms with Gasteiger partial charge in [-0.25, -0.2) is 0 Å². The van der Waals surface area contributed by atoms with Crippen LogP contribution < -0.4 is 21.5 Å². The number of furan rings is 1. The number of aromatic nitrogens is 1. The molecule has 8 aromatic rings. The van der Waals surface area contributed by atoms with Crippen molar-refractivity contribution >= 4 is 73.1 Å². The maximum Gasteiger partial charge on any atom is 0.293 e. The highest BCUT2D eigenvalue weighted by Crippen LogP contribution is 2.43. The lowest BCUT2D eigenvalue weighted by Gasteiger charge is -2.35. The van der Waals surface area contributed by atoms with Gasteiger partial charge in [0, 0.05) is 44.5 Å². The van der Waals surface area contributed by atoms with Crippen molar-refractivity contribution in [2.75, 3.05) is 4.90 Å². The van der Waals surface area contributed by atoms with E-state index in [1.165, 1.54) is 60.6 Å². The SMILES string of the molecule is c1ccc(N2c3cc(-n4c5ccccc5c5ccccc54)ccc3B3c4oc5ccccc5c4-c4cccc2c43)cc1. The largest absolute Gasteiger partial charge is 0.470 e. The van der Waals surface area contributed by atoms with Gasteiger partial charge in [-0.1, -0.05) is 91.0 Å². The van der Waals surface area contributed by atoms with Gasteiger partial charge in [-0.15, -0.1) is 0 Å². The Bertz CT molecular complexity index is 2330. The molecule has 6 aromatic carbocycles. The van der Waals surface area contributed by atoms with E-state index in [-0.39, 0.29) is 6.71 Å². The zero-order chi connectivity index (χ0) is 27.4. The quantitative estimate of drug-likeness (QED) is 0.211. The molecule has 10 rings (SSSR count). The third-order valence-corrected chi connectivity index (χ3v) is 9.19. The van der Waals surface area contributed by atoms with Crippen molar-refractivity contribution in [3.05, 3.63) is 140 Å². The van der Waals surface area contributed by atoms with Crippen molar-refractivity contribution in [1.29, 1.82) is 0 Å². The van der Waals surface area contributed by atoms with Crippen LogP contribution in [0.15, 0.2) is 144 Å². The molecule has 0 saturated carbocycles. The van der Waals surface area contributed by atoms with Crippen LogP contribution in [0, 0.1) is 0 Å². The molecule has 0 spiro atoms. The minimum atomic E-state index is 0.0424. The van der Waals surface area contributed by atoms with E-state index in [9.17, 15) is 0 Å². The van der Waals surface area contributed by atoms with E-state index in [0.717, 1.165) is 22.6 Å². The molecule has 0 fully saturated rings. The molecule has 4 heteroatoms. The number of para-hydroxylation sites is 4. The van der Waals surface area contributed by atoms with Crippen LogP contribution >= 0.6 is 0 Å². The van der Waals surface area contributed by atoms with Crippen molar-refractivity contribution in [1.82, 2.24) is 4.57 Å². The maximum absolute atomic E-state index is 6.68. The highest BCUT2D eigenvalue weighted by Gasteiger charge is 2.46. The lowest BCUT2D eigenvalue weighted by molar-refractivity contribution is 0.653. The zero-order valence-corrected chi connectivity index (χ0v) is 22.7. The lowest BCUT2D eigenvalue weighted by Crippen LogP contribution is -2.54. The van der Waals surface area contributed by atoms with E-state index in [1.807, 2.05) is 0 Å². The summed E-state index contributed by atoms with van der Waals surface area (Å²) < 4.78 is 9.08. The Morgan fingerprint density at radius 1 is 0.524 bits per heavy atom. The zero-order valence-electron chi connectivity index (χ0n) is 22.7. The lowest BCUT2D eigenvalue weighted by atomic mass is 9.39. The molecule has 0 atom stereocenters. The molecule has 4 heterocycles. The highest BCUT2D eigenvalue weighted by atomic mass is 16.3. The molecule has 0 bridgehead atoms. The number of hydrogen-bond donors (Lipinski definition) is 0. The Hall–Kier alpha value is -5.48. The van der Waals surface area contributed by atoms with Gasteiger partial charge < -0.3 is 13.9 Å². The van der Waals surface area contributed by atoms with Crippen LogP contribution in [0.25, 0.3) is 49.6 Å². The first-order valence-electron chi connectivity index (χ1n) is 14.5. The van der Waals surface area contributed by atoms with E-state index in [0.29, 0.717) is 0 Å². The third-order valence-electron chi connectivity index (χ3n) is 9.19. The van der Waals surface area contributed by atoms with Gasteiger partial charge in [0.25, 0.3) is 6.71 Å². The van der Waals surface area contributed by atoms with Gasteiger partial charge in [-0.3, -0.25) is 0 Å². The first kappa shape index (κ1) is 22.2. The number of hydrogen-bond acceptors (Lipinski definition) is 2. The number of nitrogens with zero attached hydrogens (tertiary/aromatic N) is 2. The Morgan fingerprint density at radius 2 is 1.21 bits per heavy atom. The van der Waals surface area contributed by atoms with E-state index < -0.39 is 0 Å². The molecule has 2 aromatic heterocycles. The van der Waals surface area contributed by atoms with Gasteiger partial charge in [0.15, 0.2) is 0 Å². The minimum Gasteiger partial charge on any atom is -0.470 e. The Kier molecular flexibility index (Phi) is 4.26. The first-order valence-corrected chi connectivity index (χ1v) is 14.5. The molecule has 2 aliphatic heterocycles. The summed E-state index contributed by atoms with van der Waals surface area (Å²) in [4.78, 5) is 2.44. The number of fused-ring (bicyclic) bond motifs is 10. The van der Waals surface area contributed by atoms with Crippen LogP contribution in [-0.2, 0) is 0 Å². The van der Waals surface area contributed by atoms with Crippen LogP contribution in [0.3, 0.4) is 0 Å². The summed E-state index contributed by atoms with van der Waals surface area (Å²) in [6.07, 6.45) is 0. The second kappa shape index (κ2) is 8.05. The van der Waals surface area contributed by atoms with Crippen LogP contribution in [0.1, 0.15) is 0 Å². The molecule has 0 radical (unpaired) electrons. The van der Waals surface area contributed by atoms with Gasteiger partial charge >= 0.3 is 0 Å². The fourth-order valence-corrected chi connectivity index (χ4v) is 7.54. The Morgan fingerprint density at radius 3 is 2.00 bits per heavy atom. The van der Waals surface area contributed by atoms with Crippen LogP contribution in [0.4, 0.5) is 17.1 Å². The smallest absolute Gasteiger partial charge is 0.293 e. The first-order chi connectivity index (χ1) is 20.9. The average Bonchev–Trinajstić information content (AvgIpc) is 3.70. The van der Waals surface area contributed by atoms with Crippen molar-refractivity contribution in [2.24, 2.45) is 0 Å². The summed E-state index contributed by atoms with van der Waals surface area (Å²) in [7, 11) is 0. The molecule has 0 N–H and O–H groups in total. The van der Waals surface area contributed by atoms with E-state index in [2.05, 4.69) is 149 Å². The van der Waals surface area contributed by atoms with E-state index >= 15 is 0 Å². The van der Waals surface area contributed by atoms with Crippen molar-refractivity contribution < 1.29 is 4.42 Å². The van der Waals surface area contributed by atoms with E-state index in [1.54, 1.807) is 0 Å². The molecular weight excluding hydrogens is 511 g/mol. The fourth-order valence-electron chi connectivity index (χ4n) is 7.54. The van der Waals surface area contributed by atoms with Crippen molar-refractivity contribution in [2.45, 2.75) is 0 Å². The summed E-state index contributed by atoms with van der Waals surface area (Å²) in [5.41, 5.74) is 14.2. The topological polar surface area (TPSA) is 21.3 Å². The fraction of sp³-hybridized carbons (Fsp3) is 0. The molecule has 0 saturated heterocycles. The second-order valence-corrected chi connectivity index (χ2v) is 11.3. The third kappa shape index (κ3) is 2.76. The van der Waals surface area contributed by atoms with Gasteiger partial charge in [-0.05, 0) is 65.0 Å². The van der Waals surface area contributed by atoms with Crippen molar-refractivity contribution in [3.8, 4) is 16.8 Å². The number of benzene rings is 6. The molecular formula is C38H23BN2O. The summed E-state index contributed by atoms with van der Waals surface area (Å²) >= 11 is 0. The summed E-state index contributed by atoms with van der Waals surface area (Å²) in [6, 6.07) is 50.3. The van der Waals surface area contributed by atoms with Crippen LogP contribution in [0.2, 0.25) is 0 Å². The molecule has 0 aliphatic carbocycles. The van der Waals surface area contributed by atoms with Gasteiger partial charge in [-0.2, -0.15) is 0 Å². The monoisotopic (exact) mass is 534 g/mol. The Balaban J connectivity index is 1.30. The number of anilines is 3. The summed E-state index contributed by atoms with van der Waals surface area (Å²) in [5.74, 6) is 0. The standard InChI is InChI=1S/C38H23BN2O/c1-2-11-24(12-3-1)40-33-19-10-16-29-36-28-15-6-9-20-35(28)42-38(36)39(37(29)33)30-22-21-25(23-34(30)40)41-31-17-7-4-13-26(31)27-14-5-8-18-32(27)41/h1-23H. The van der Waals surface area contributed by atoms with Crippen LogP contribution in [-0.4, -0.2) is 11.3 Å². The molecule has 0 unspecified atom stereocenters. The normalized spacial score (nSPS) is 13.1. The average molecular weight is 534 g/mol. The minimum absolute atomic E-state index is 0.0424. The van der Waals surface area contributed by atoms with Gasteiger partial charge in [0.2, 0.25) is 0 Å². The highest BCUT2D eigenvalue weighted by molar-refractivity contribution is 7.01. The van der Waals surface area contributed by atoms with Gasteiger partial charge in [0.05, 0.1) is 16.7 Å². The second-order valence-electron chi connectivity index (χ2n) is 11.3. The molecule has 194 valence electrons. The summed E-state index contributed by atoms with van der Waals surface area (Å²) in [5, 5.41) is 3.72. The molecule has 3 nitrogen and oxygen atoms in total. The Labute approximate surface area is 242 Å². The predicted molar refractivity (Wildman–Crippen MR) is 175 cm³/mol. The summed E-state index contributed by atoms with van der Waals surface area (Å²) in [6.45, 7) is 0.0424. The molecule has 2 aliphatic rings. The van der Waals surface area contributed by atoms with Crippen molar-refractivity contribution in [3.63, 3.8) is 0 Å². The van der Waals surface area contributed by atoms with Crippen LogP contribution in [0.5, 0.6) is 0 Å².